The van der Waals surface area contributed by atoms with Crippen LogP contribution in [0.25, 0.3) is 0 Å². The number of hydrogen-bond donors (Lipinski definition) is 1. The fourth-order valence-corrected chi connectivity index (χ4v) is 9.01. The SMILES string of the molecule is C[C@H]1C[C@H]2NC(=O)CC[C@]2(C)[C@H]2CC[C@]3(C)[C@@H](C(=O)Sc4ccccn4)CC[C@H]3[C@H]12. The summed E-state index contributed by atoms with van der Waals surface area (Å²) < 4.78 is 0. The summed E-state index contributed by atoms with van der Waals surface area (Å²) in [5, 5.41) is 4.48. The molecule has 0 radical (unpaired) electrons. The van der Waals surface area contributed by atoms with Gasteiger partial charge in [-0.25, -0.2) is 4.98 Å². The maximum absolute atomic E-state index is 13.3. The predicted octanol–water partition coefficient (Wildman–Crippen LogP) is 5.08. The molecule has 162 valence electrons. The van der Waals surface area contributed by atoms with Crippen LogP contribution in [0.2, 0.25) is 0 Å². The van der Waals surface area contributed by atoms with Crippen molar-refractivity contribution >= 4 is 22.8 Å². The number of hydrogen-bond acceptors (Lipinski definition) is 4. The number of amides is 1. The number of carbonyl (C=O) groups is 2. The highest BCUT2D eigenvalue weighted by molar-refractivity contribution is 8.13. The van der Waals surface area contributed by atoms with Crippen LogP contribution in [0.1, 0.15) is 65.7 Å². The Labute approximate surface area is 184 Å². The van der Waals surface area contributed by atoms with Crippen LogP contribution in [0.4, 0.5) is 0 Å². The lowest BCUT2D eigenvalue weighted by Gasteiger charge is -2.62. The highest BCUT2D eigenvalue weighted by Gasteiger charge is 2.62. The zero-order valence-electron chi connectivity index (χ0n) is 18.4. The first-order valence-corrected chi connectivity index (χ1v) is 12.6. The average molecular weight is 427 g/mol. The van der Waals surface area contributed by atoms with E-state index in [0.717, 1.165) is 30.7 Å². The van der Waals surface area contributed by atoms with Gasteiger partial charge in [0, 0.05) is 24.6 Å². The number of piperidine rings is 1. The molecule has 30 heavy (non-hydrogen) atoms. The van der Waals surface area contributed by atoms with Crippen LogP contribution in [0.5, 0.6) is 0 Å². The van der Waals surface area contributed by atoms with E-state index in [9.17, 15) is 9.59 Å². The van der Waals surface area contributed by atoms with E-state index in [4.69, 9.17) is 0 Å². The van der Waals surface area contributed by atoms with Crippen molar-refractivity contribution in [3.05, 3.63) is 24.4 Å². The maximum Gasteiger partial charge on any atom is 0.220 e. The second-order valence-corrected chi connectivity index (χ2v) is 11.9. The zero-order chi connectivity index (χ0) is 21.1. The molecular formula is C25H34N2O2S. The van der Waals surface area contributed by atoms with Gasteiger partial charge in [0.1, 0.15) is 5.03 Å². The van der Waals surface area contributed by atoms with E-state index in [2.05, 4.69) is 31.1 Å². The van der Waals surface area contributed by atoms with Crippen molar-refractivity contribution in [3.63, 3.8) is 0 Å². The van der Waals surface area contributed by atoms with Gasteiger partial charge in [-0.3, -0.25) is 9.59 Å². The monoisotopic (exact) mass is 426 g/mol. The lowest BCUT2D eigenvalue weighted by molar-refractivity contribution is -0.145. The number of rotatable bonds is 2. The van der Waals surface area contributed by atoms with Crippen molar-refractivity contribution in [3.8, 4) is 0 Å². The summed E-state index contributed by atoms with van der Waals surface area (Å²) in [7, 11) is 0. The molecule has 8 atom stereocenters. The van der Waals surface area contributed by atoms with Crippen LogP contribution in [0.3, 0.4) is 0 Å². The fourth-order valence-electron chi connectivity index (χ4n) is 8.02. The Morgan fingerprint density at radius 2 is 1.93 bits per heavy atom. The minimum Gasteiger partial charge on any atom is -0.353 e. The molecular weight excluding hydrogens is 392 g/mol. The molecule has 1 aromatic rings. The number of nitrogens with zero attached hydrogens (tertiary/aromatic N) is 1. The third-order valence-electron chi connectivity index (χ3n) is 9.59. The van der Waals surface area contributed by atoms with Crippen LogP contribution in [0, 0.1) is 40.4 Å². The minimum atomic E-state index is 0.107. The fraction of sp³-hybridized carbons (Fsp3) is 0.720. The van der Waals surface area contributed by atoms with Crippen LogP contribution in [0.15, 0.2) is 29.4 Å². The quantitative estimate of drug-likeness (QED) is 0.670. The molecule has 1 amide bonds. The minimum absolute atomic E-state index is 0.107. The summed E-state index contributed by atoms with van der Waals surface area (Å²) in [6.45, 7) is 7.26. The number of carbonyl (C=O) groups excluding carboxylic acids is 2. The normalized spacial score (nSPS) is 45.1. The Hall–Kier alpha value is -1.36. The van der Waals surface area contributed by atoms with Gasteiger partial charge in [0.05, 0.1) is 0 Å². The molecule has 1 saturated heterocycles. The van der Waals surface area contributed by atoms with Crippen LogP contribution in [-0.4, -0.2) is 22.0 Å². The van der Waals surface area contributed by atoms with Crippen molar-refractivity contribution in [2.24, 2.45) is 40.4 Å². The number of nitrogens with one attached hydrogen (secondary N) is 1. The lowest BCUT2D eigenvalue weighted by atomic mass is 9.45. The van der Waals surface area contributed by atoms with Gasteiger partial charge in [-0.15, -0.1) is 0 Å². The standard InChI is InChI=1S/C25H34N2O2S/c1-15-14-19-25(3,12-10-20(28)27-19)17-9-11-24(2)16(22(15)17)7-8-18(24)23(29)30-21-6-4-5-13-26-21/h4-6,13,15-19,22H,7-12,14H2,1-3H3,(H,27,28)/t15-,16-,17-,18+,19+,22-,24-,25+/m0/s1. The van der Waals surface area contributed by atoms with Gasteiger partial charge in [-0.1, -0.05) is 26.8 Å². The van der Waals surface area contributed by atoms with Gasteiger partial charge in [0.15, 0.2) is 5.12 Å². The Kier molecular flexibility index (Phi) is 5.04. The number of pyridine rings is 1. The molecule has 1 N–H and O–H groups in total. The van der Waals surface area contributed by atoms with Gasteiger partial charge in [-0.2, -0.15) is 0 Å². The number of thioether (sulfide) groups is 1. The predicted molar refractivity (Wildman–Crippen MR) is 119 cm³/mol. The van der Waals surface area contributed by atoms with Gasteiger partial charge >= 0.3 is 0 Å². The van der Waals surface area contributed by atoms with Crippen LogP contribution < -0.4 is 5.32 Å². The first-order valence-electron chi connectivity index (χ1n) is 11.7. The second-order valence-electron chi connectivity index (χ2n) is 10.9. The largest absolute Gasteiger partial charge is 0.353 e. The highest BCUT2D eigenvalue weighted by atomic mass is 32.2. The smallest absolute Gasteiger partial charge is 0.220 e. The molecule has 4 nitrogen and oxygen atoms in total. The molecule has 3 saturated carbocycles. The molecule has 4 fully saturated rings. The van der Waals surface area contributed by atoms with E-state index in [1.54, 1.807) is 6.20 Å². The van der Waals surface area contributed by atoms with Gasteiger partial charge in [0.25, 0.3) is 0 Å². The van der Waals surface area contributed by atoms with Crippen molar-refractivity contribution in [2.45, 2.75) is 76.8 Å². The summed E-state index contributed by atoms with van der Waals surface area (Å²) in [5.74, 6) is 2.95. The molecule has 0 bridgehead atoms. The molecule has 1 aliphatic heterocycles. The summed E-state index contributed by atoms with van der Waals surface area (Å²) in [6.07, 6.45) is 9.10. The van der Waals surface area contributed by atoms with Crippen molar-refractivity contribution in [2.75, 3.05) is 0 Å². The topological polar surface area (TPSA) is 59.1 Å². The summed E-state index contributed by atoms with van der Waals surface area (Å²) in [4.78, 5) is 29.8. The van der Waals surface area contributed by atoms with E-state index in [0.29, 0.717) is 41.2 Å². The number of aromatic nitrogens is 1. The van der Waals surface area contributed by atoms with Crippen LogP contribution >= 0.6 is 11.8 Å². The van der Waals surface area contributed by atoms with E-state index >= 15 is 0 Å². The average Bonchev–Trinajstić information content (AvgIpc) is 3.07. The molecule has 3 aliphatic carbocycles. The third-order valence-corrected chi connectivity index (χ3v) is 10.5. The lowest BCUT2D eigenvalue weighted by Crippen LogP contribution is -2.63. The molecule has 1 aromatic heterocycles. The third kappa shape index (κ3) is 3.06. The Balaban J connectivity index is 1.39. The molecule has 0 unspecified atom stereocenters. The molecule has 2 heterocycles. The summed E-state index contributed by atoms with van der Waals surface area (Å²) in [5.41, 5.74) is 0.326. The second kappa shape index (κ2) is 7.36. The van der Waals surface area contributed by atoms with Gasteiger partial charge in [0.2, 0.25) is 5.91 Å². The Morgan fingerprint density at radius 1 is 1.13 bits per heavy atom. The van der Waals surface area contributed by atoms with Crippen LogP contribution in [-0.2, 0) is 9.59 Å². The number of fused-ring (bicyclic) bond motifs is 5. The van der Waals surface area contributed by atoms with Crippen molar-refractivity contribution in [1.29, 1.82) is 0 Å². The summed E-state index contributed by atoms with van der Waals surface area (Å²) >= 11 is 1.35. The first-order chi connectivity index (χ1) is 14.3. The molecule has 5 rings (SSSR count). The van der Waals surface area contributed by atoms with E-state index in [-0.39, 0.29) is 22.7 Å². The molecule has 0 aromatic carbocycles. The van der Waals surface area contributed by atoms with E-state index < -0.39 is 0 Å². The molecule has 0 spiro atoms. The van der Waals surface area contributed by atoms with Gasteiger partial charge < -0.3 is 5.32 Å². The molecule has 4 aliphatic rings. The Bertz CT molecular complexity index is 845. The van der Waals surface area contributed by atoms with Gasteiger partial charge in [-0.05, 0) is 96.9 Å². The maximum atomic E-state index is 13.3. The summed E-state index contributed by atoms with van der Waals surface area (Å²) in [6, 6.07) is 6.12. The van der Waals surface area contributed by atoms with E-state index in [1.807, 2.05) is 18.2 Å². The van der Waals surface area contributed by atoms with Crippen molar-refractivity contribution < 1.29 is 9.59 Å². The highest BCUT2D eigenvalue weighted by Crippen LogP contribution is 2.67. The Morgan fingerprint density at radius 3 is 2.70 bits per heavy atom. The zero-order valence-corrected chi connectivity index (χ0v) is 19.2. The first kappa shape index (κ1) is 20.5. The van der Waals surface area contributed by atoms with E-state index in [1.165, 1.54) is 24.6 Å². The van der Waals surface area contributed by atoms with Crippen molar-refractivity contribution in [1.82, 2.24) is 10.3 Å². The molecule has 5 heteroatoms.